The summed E-state index contributed by atoms with van der Waals surface area (Å²) in [4.78, 5) is 4.78. The van der Waals surface area contributed by atoms with E-state index in [1.165, 1.54) is 0 Å². The number of tetrazole rings is 1. The normalized spacial score (nSPS) is 11.8. The summed E-state index contributed by atoms with van der Waals surface area (Å²) in [5, 5.41) is 19.3. The molecule has 0 bridgehead atoms. The fourth-order valence-corrected chi connectivity index (χ4v) is 4.08. The van der Waals surface area contributed by atoms with Crippen LogP contribution in [0.2, 0.25) is 0 Å². The van der Waals surface area contributed by atoms with E-state index >= 15 is 0 Å². The number of H-pyrrole nitrogens is 1. The molecule has 4 rings (SSSR count). The second kappa shape index (κ2) is 10.7. The first-order valence-electron chi connectivity index (χ1n) is 11.6. The van der Waals surface area contributed by atoms with E-state index in [1.807, 2.05) is 22.9 Å². The summed E-state index contributed by atoms with van der Waals surface area (Å²) in [6, 6.07) is 16.5. The van der Waals surface area contributed by atoms with E-state index in [0.717, 1.165) is 47.3 Å². The Bertz CT molecular complexity index is 1180. The molecule has 0 unspecified atom stereocenters. The van der Waals surface area contributed by atoms with Crippen molar-refractivity contribution in [1.29, 1.82) is 0 Å². The standard InChI is InChI=1S/C25H31N7O2/c1-5-7-16-25(33-3,34-4)24-26-22(6-2)32(29-24)17-18-12-14-19(15-13-18)20-10-8-9-11-21(20)23-27-30-31-28-23/h8-15H,5-7,16-17H2,1-4H3,(H,27,28,30,31). The Balaban J connectivity index is 1.59. The van der Waals surface area contributed by atoms with E-state index in [4.69, 9.17) is 19.6 Å². The fraction of sp³-hybridized carbons (Fsp3) is 0.400. The van der Waals surface area contributed by atoms with Gasteiger partial charge in [-0.1, -0.05) is 68.8 Å². The molecule has 0 aliphatic rings. The Morgan fingerprint density at radius 3 is 2.32 bits per heavy atom. The maximum atomic E-state index is 5.77. The first kappa shape index (κ1) is 23.7. The van der Waals surface area contributed by atoms with Crippen LogP contribution in [0.15, 0.2) is 48.5 Å². The quantitative estimate of drug-likeness (QED) is 0.331. The van der Waals surface area contributed by atoms with Crippen LogP contribution < -0.4 is 0 Å². The van der Waals surface area contributed by atoms with Gasteiger partial charge in [0.15, 0.2) is 0 Å². The summed E-state index contributed by atoms with van der Waals surface area (Å²) < 4.78 is 13.5. The van der Waals surface area contributed by atoms with Crippen molar-refractivity contribution in [3.63, 3.8) is 0 Å². The van der Waals surface area contributed by atoms with Crippen LogP contribution in [0.3, 0.4) is 0 Å². The van der Waals surface area contributed by atoms with Gasteiger partial charge in [-0.3, -0.25) is 0 Å². The number of rotatable bonds is 11. The average Bonchev–Trinajstić information content (AvgIpc) is 3.56. The molecule has 2 aromatic heterocycles. The van der Waals surface area contributed by atoms with Gasteiger partial charge in [0.25, 0.3) is 0 Å². The van der Waals surface area contributed by atoms with E-state index < -0.39 is 5.79 Å². The largest absolute Gasteiger partial charge is 0.347 e. The highest BCUT2D eigenvalue weighted by Crippen LogP contribution is 2.31. The van der Waals surface area contributed by atoms with Crippen molar-refractivity contribution >= 4 is 0 Å². The summed E-state index contributed by atoms with van der Waals surface area (Å²) in [5.41, 5.74) is 4.19. The number of aryl methyl sites for hydroxylation is 1. The predicted octanol–water partition coefficient (Wildman–Crippen LogP) is 4.37. The Morgan fingerprint density at radius 1 is 0.971 bits per heavy atom. The molecule has 34 heavy (non-hydrogen) atoms. The Morgan fingerprint density at radius 2 is 1.71 bits per heavy atom. The molecule has 0 fully saturated rings. The van der Waals surface area contributed by atoms with Gasteiger partial charge in [-0.15, -0.1) is 15.3 Å². The van der Waals surface area contributed by atoms with Gasteiger partial charge in [0.2, 0.25) is 17.4 Å². The maximum absolute atomic E-state index is 5.77. The molecule has 4 aromatic rings. The predicted molar refractivity (Wildman–Crippen MR) is 129 cm³/mol. The molecule has 0 radical (unpaired) electrons. The summed E-state index contributed by atoms with van der Waals surface area (Å²) in [7, 11) is 3.30. The summed E-state index contributed by atoms with van der Waals surface area (Å²) >= 11 is 0. The number of nitrogens with zero attached hydrogens (tertiary/aromatic N) is 6. The molecular formula is C25H31N7O2. The van der Waals surface area contributed by atoms with E-state index in [1.54, 1.807) is 14.2 Å². The molecule has 0 aliphatic heterocycles. The minimum Gasteiger partial charge on any atom is -0.347 e. The first-order valence-corrected chi connectivity index (χ1v) is 11.6. The monoisotopic (exact) mass is 461 g/mol. The molecule has 0 amide bonds. The summed E-state index contributed by atoms with van der Waals surface area (Å²) in [6.07, 6.45) is 3.47. The maximum Gasteiger partial charge on any atom is 0.231 e. The van der Waals surface area contributed by atoms with E-state index in [9.17, 15) is 0 Å². The van der Waals surface area contributed by atoms with Crippen LogP contribution in [-0.4, -0.2) is 49.6 Å². The Labute approximate surface area is 199 Å². The second-order valence-electron chi connectivity index (χ2n) is 8.11. The van der Waals surface area contributed by atoms with Crippen LogP contribution in [0.1, 0.15) is 50.3 Å². The zero-order valence-electron chi connectivity index (χ0n) is 20.2. The number of benzene rings is 2. The second-order valence-corrected chi connectivity index (χ2v) is 8.11. The molecule has 9 nitrogen and oxygen atoms in total. The molecule has 2 heterocycles. The number of methoxy groups -OCH3 is 2. The van der Waals surface area contributed by atoms with Crippen molar-refractivity contribution < 1.29 is 9.47 Å². The molecule has 178 valence electrons. The Hall–Kier alpha value is -3.43. The average molecular weight is 462 g/mol. The van der Waals surface area contributed by atoms with Crippen molar-refractivity contribution in [1.82, 2.24) is 35.4 Å². The van der Waals surface area contributed by atoms with Gasteiger partial charge in [-0.05, 0) is 28.3 Å². The lowest BCUT2D eigenvalue weighted by molar-refractivity contribution is -0.226. The number of aromatic amines is 1. The minimum atomic E-state index is -0.923. The molecule has 2 aromatic carbocycles. The van der Waals surface area contributed by atoms with Crippen molar-refractivity contribution in [2.24, 2.45) is 0 Å². The number of unbranched alkanes of at least 4 members (excludes halogenated alkanes) is 1. The molecule has 0 atom stereocenters. The van der Waals surface area contributed by atoms with Gasteiger partial charge >= 0.3 is 0 Å². The fourth-order valence-electron chi connectivity index (χ4n) is 4.08. The van der Waals surface area contributed by atoms with Crippen LogP contribution in [-0.2, 0) is 28.2 Å². The molecule has 0 saturated carbocycles. The van der Waals surface area contributed by atoms with Gasteiger partial charge < -0.3 is 9.47 Å². The topological polar surface area (TPSA) is 104 Å². The highest BCUT2D eigenvalue weighted by atomic mass is 16.7. The molecule has 0 spiro atoms. The third-order valence-electron chi connectivity index (χ3n) is 6.03. The van der Waals surface area contributed by atoms with Crippen LogP contribution in [0.4, 0.5) is 0 Å². The minimum absolute atomic E-state index is 0.574. The zero-order valence-corrected chi connectivity index (χ0v) is 20.2. The van der Waals surface area contributed by atoms with Gasteiger partial charge in [0, 0.05) is 32.6 Å². The van der Waals surface area contributed by atoms with Gasteiger partial charge in [0.1, 0.15) is 5.82 Å². The van der Waals surface area contributed by atoms with Crippen molar-refractivity contribution in [3.8, 4) is 22.5 Å². The van der Waals surface area contributed by atoms with Crippen LogP contribution in [0.25, 0.3) is 22.5 Å². The van der Waals surface area contributed by atoms with Crippen molar-refractivity contribution in [3.05, 3.63) is 65.7 Å². The van der Waals surface area contributed by atoms with Crippen molar-refractivity contribution in [2.45, 2.75) is 51.9 Å². The van der Waals surface area contributed by atoms with Crippen LogP contribution >= 0.6 is 0 Å². The molecule has 0 saturated heterocycles. The number of aromatic nitrogens is 7. The summed E-state index contributed by atoms with van der Waals surface area (Å²) in [5.74, 6) is 1.13. The third kappa shape index (κ3) is 4.76. The lowest BCUT2D eigenvalue weighted by atomic mass is 9.98. The number of nitrogens with one attached hydrogen (secondary N) is 1. The molecule has 0 aliphatic carbocycles. The van der Waals surface area contributed by atoms with Crippen molar-refractivity contribution in [2.75, 3.05) is 14.2 Å². The van der Waals surface area contributed by atoms with Crippen LogP contribution in [0, 0.1) is 0 Å². The van der Waals surface area contributed by atoms with E-state index in [0.29, 0.717) is 24.6 Å². The van der Waals surface area contributed by atoms with E-state index in [-0.39, 0.29) is 0 Å². The zero-order chi connectivity index (χ0) is 24.0. The number of hydrogen-bond donors (Lipinski definition) is 1. The smallest absolute Gasteiger partial charge is 0.231 e. The third-order valence-corrected chi connectivity index (χ3v) is 6.03. The number of hydrogen-bond acceptors (Lipinski definition) is 7. The number of ether oxygens (including phenoxy) is 2. The Kier molecular flexibility index (Phi) is 7.44. The lowest BCUT2D eigenvalue weighted by Gasteiger charge is -2.27. The molecular weight excluding hydrogens is 430 g/mol. The lowest BCUT2D eigenvalue weighted by Crippen LogP contribution is -2.32. The van der Waals surface area contributed by atoms with E-state index in [2.05, 4.69) is 64.8 Å². The highest BCUT2D eigenvalue weighted by Gasteiger charge is 2.36. The summed E-state index contributed by atoms with van der Waals surface area (Å²) in [6.45, 7) is 4.83. The first-order chi connectivity index (χ1) is 16.6. The highest BCUT2D eigenvalue weighted by molar-refractivity contribution is 5.80. The van der Waals surface area contributed by atoms with Gasteiger partial charge in [0.05, 0.1) is 6.54 Å². The van der Waals surface area contributed by atoms with Gasteiger partial charge in [-0.25, -0.2) is 9.67 Å². The molecule has 9 heteroatoms. The van der Waals surface area contributed by atoms with Crippen LogP contribution in [0.5, 0.6) is 0 Å². The SMILES string of the molecule is CCCCC(OC)(OC)c1nc(CC)n(Cc2ccc(-c3ccccc3-c3nn[nH]n3)cc2)n1. The van der Waals surface area contributed by atoms with Gasteiger partial charge in [-0.2, -0.15) is 5.21 Å². The molecule has 1 N–H and O–H groups in total.